The zero-order valence-corrected chi connectivity index (χ0v) is 11.0. The number of aromatic carboxylic acids is 1. The molecule has 0 saturated heterocycles. The van der Waals surface area contributed by atoms with Crippen molar-refractivity contribution in [3.8, 4) is 0 Å². The minimum Gasteiger partial charge on any atom is -0.478 e. The van der Waals surface area contributed by atoms with Gasteiger partial charge in [0.1, 0.15) is 17.8 Å². The number of hydrogen-bond acceptors (Lipinski definition) is 3. The van der Waals surface area contributed by atoms with Gasteiger partial charge in [-0.1, -0.05) is 0 Å². The van der Waals surface area contributed by atoms with Gasteiger partial charge in [-0.05, 0) is 36.2 Å². The van der Waals surface area contributed by atoms with Crippen LogP contribution in [0.4, 0.5) is 10.1 Å². The number of halogens is 1. The summed E-state index contributed by atoms with van der Waals surface area (Å²) < 4.78 is 18.4. The molecule has 1 aromatic heterocycles. The third-order valence-electron chi connectivity index (χ3n) is 3.46. The zero-order chi connectivity index (χ0) is 15.0. The summed E-state index contributed by atoms with van der Waals surface area (Å²) in [6.45, 7) is 0.130. The maximum absolute atomic E-state index is 13.3. The standard InChI is InChI=1S/C15H12FNO4/c16-11-2-3-13-9(5-11)1-4-14(18)17(13)7-12-6-10(8-21-12)15(19)20/h2-3,5-6,8H,1,4,7H2,(H,19,20). The number of carbonyl (C=O) groups is 2. The molecule has 2 aromatic rings. The van der Waals surface area contributed by atoms with Crippen LogP contribution in [0.2, 0.25) is 0 Å². The summed E-state index contributed by atoms with van der Waals surface area (Å²) in [5.74, 6) is -1.15. The van der Waals surface area contributed by atoms with E-state index in [-0.39, 0.29) is 23.8 Å². The van der Waals surface area contributed by atoms with Crippen molar-refractivity contribution in [2.45, 2.75) is 19.4 Å². The first kappa shape index (κ1) is 13.4. The minimum atomic E-state index is -1.09. The van der Waals surface area contributed by atoms with Crippen molar-refractivity contribution in [2.24, 2.45) is 0 Å². The van der Waals surface area contributed by atoms with Gasteiger partial charge in [0.15, 0.2) is 0 Å². The van der Waals surface area contributed by atoms with Crippen LogP contribution < -0.4 is 4.90 Å². The monoisotopic (exact) mass is 289 g/mol. The number of carboxylic acid groups (broad SMARTS) is 1. The topological polar surface area (TPSA) is 70.8 Å². The van der Waals surface area contributed by atoms with Gasteiger partial charge in [0.2, 0.25) is 5.91 Å². The van der Waals surface area contributed by atoms with Crippen molar-refractivity contribution < 1.29 is 23.5 Å². The van der Waals surface area contributed by atoms with E-state index in [0.29, 0.717) is 24.3 Å². The lowest BCUT2D eigenvalue weighted by atomic mass is 10.0. The van der Waals surface area contributed by atoms with Crippen molar-refractivity contribution in [1.29, 1.82) is 0 Å². The van der Waals surface area contributed by atoms with Crippen LogP contribution in [0.5, 0.6) is 0 Å². The number of carbonyl (C=O) groups excluding carboxylic acids is 1. The molecule has 1 N–H and O–H groups in total. The molecule has 1 aliphatic rings. The van der Waals surface area contributed by atoms with Crippen LogP contribution in [0.1, 0.15) is 28.1 Å². The highest BCUT2D eigenvalue weighted by atomic mass is 19.1. The highest BCUT2D eigenvalue weighted by molar-refractivity contribution is 5.96. The molecule has 0 unspecified atom stereocenters. The van der Waals surface area contributed by atoms with Crippen molar-refractivity contribution in [2.75, 3.05) is 4.90 Å². The SMILES string of the molecule is O=C(O)c1coc(CN2C(=O)CCc3cc(F)ccc32)c1. The average molecular weight is 289 g/mol. The number of furan rings is 1. The Bertz CT molecular complexity index is 722. The van der Waals surface area contributed by atoms with Crippen LogP contribution in [0, 0.1) is 5.82 Å². The highest BCUT2D eigenvalue weighted by Crippen LogP contribution is 2.30. The molecule has 21 heavy (non-hydrogen) atoms. The van der Waals surface area contributed by atoms with Crippen molar-refractivity contribution in [1.82, 2.24) is 0 Å². The summed E-state index contributed by atoms with van der Waals surface area (Å²) >= 11 is 0. The van der Waals surface area contributed by atoms with Crippen LogP contribution in [-0.2, 0) is 17.8 Å². The molecular weight excluding hydrogens is 277 g/mol. The third-order valence-corrected chi connectivity index (χ3v) is 3.46. The van der Waals surface area contributed by atoms with Gasteiger partial charge in [-0.25, -0.2) is 9.18 Å². The lowest BCUT2D eigenvalue weighted by Crippen LogP contribution is -2.34. The second kappa shape index (κ2) is 5.05. The Morgan fingerprint density at radius 3 is 2.86 bits per heavy atom. The van der Waals surface area contributed by atoms with Crippen molar-refractivity contribution in [3.05, 3.63) is 53.2 Å². The summed E-state index contributed by atoms with van der Waals surface area (Å²) in [7, 11) is 0. The fourth-order valence-corrected chi connectivity index (χ4v) is 2.43. The quantitative estimate of drug-likeness (QED) is 0.942. The molecule has 1 aliphatic heterocycles. The molecule has 0 aliphatic carbocycles. The first-order valence-electron chi connectivity index (χ1n) is 6.44. The van der Waals surface area contributed by atoms with Gasteiger partial charge in [0, 0.05) is 12.1 Å². The molecule has 0 radical (unpaired) electrons. The van der Waals surface area contributed by atoms with E-state index < -0.39 is 5.97 Å². The number of aryl methyl sites for hydroxylation is 1. The van der Waals surface area contributed by atoms with Gasteiger partial charge in [-0.3, -0.25) is 4.79 Å². The van der Waals surface area contributed by atoms with Crippen LogP contribution in [0.15, 0.2) is 34.9 Å². The van der Waals surface area contributed by atoms with Crippen molar-refractivity contribution in [3.63, 3.8) is 0 Å². The average Bonchev–Trinajstić information content (AvgIpc) is 2.91. The Labute approximate surface area is 119 Å². The van der Waals surface area contributed by atoms with E-state index in [2.05, 4.69) is 0 Å². The molecule has 0 atom stereocenters. The van der Waals surface area contributed by atoms with Gasteiger partial charge in [0.05, 0.1) is 12.1 Å². The van der Waals surface area contributed by atoms with Crippen LogP contribution in [0.25, 0.3) is 0 Å². The molecule has 6 heteroatoms. The Morgan fingerprint density at radius 1 is 1.33 bits per heavy atom. The maximum Gasteiger partial charge on any atom is 0.338 e. The van der Waals surface area contributed by atoms with Gasteiger partial charge in [0.25, 0.3) is 0 Å². The summed E-state index contributed by atoms with van der Waals surface area (Å²) in [6, 6.07) is 5.66. The van der Waals surface area contributed by atoms with E-state index in [0.717, 1.165) is 11.8 Å². The van der Waals surface area contributed by atoms with Gasteiger partial charge in [-0.2, -0.15) is 0 Å². The van der Waals surface area contributed by atoms with Gasteiger partial charge in [-0.15, -0.1) is 0 Å². The number of hydrogen-bond donors (Lipinski definition) is 1. The number of nitrogens with zero attached hydrogens (tertiary/aromatic N) is 1. The summed E-state index contributed by atoms with van der Waals surface area (Å²) in [5.41, 5.74) is 1.44. The third kappa shape index (κ3) is 2.52. The second-order valence-electron chi connectivity index (χ2n) is 4.86. The van der Waals surface area contributed by atoms with E-state index in [9.17, 15) is 14.0 Å². The van der Waals surface area contributed by atoms with Crippen LogP contribution >= 0.6 is 0 Å². The Balaban J connectivity index is 1.90. The molecular formula is C15H12FNO4. The minimum absolute atomic E-state index is 0.0359. The Kier molecular flexibility index (Phi) is 3.21. The zero-order valence-electron chi connectivity index (χ0n) is 11.0. The number of amides is 1. The molecule has 2 heterocycles. The predicted octanol–water partition coefficient (Wildman–Crippen LogP) is 2.60. The van der Waals surface area contributed by atoms with Gasteiger partial charge >= 0.3 is 5.97 Å². The Morgan fingerprint density at radius 2 is 2.14 bits per heavy atom. The molecule has 1 amide bonds. The molecule has 5 nitrogen and oxygen atoms in total. The number of fused-ring (bicyclic) bond motifs is 1. The number of carboxylic acids is 1. The lowest BCUT2D eigenvalue weighted by Gasteiger charge is -2.28. The summed E-state index contributed by atoms with van der Waals surface area (Å²) in [4.78, 5) is 24.4. The van der Waals surface area contributed by atoms with E-state index in [1.807, 2.05) is 0 Å². The summed E-state index contributed by atoms with van der Waals surface area (Å²) in [6.07, 6.45) is 1.93. The summed E-state index contributed by atoms with van der Waals surface area (Å²) in [5, 5.41) is 8.86. The smallest absolute Gasteiger partial charge is 0.338 e. The fraction of sp³-hybridized carbons (Fsp3) is 0.200. The Hall–Kier alpha value is -2.63. The normalized spacial score (nSPS) is 14.1. The first-order valence-corrected chi connectivity index (χ1v) is 6.44. The molecule has 3 rings (SSSR count). The van der Waals surface area contributed by atoms with E-state index in [1.165, 1.54) is 23.1 Å². The number of anilines is 1. The van der Waals surface area contributed by atoms with Crippen LogP contribution in [0.3, 0.4) is 0 Å². The predicted molar refractivity (Wildman–Crippen MR) is 71.6 cm³/mol. The molecule has 0 fully saturated rings. The molecule has 0 bridgehead atoms. The van der Waals surface area contributed by atoms with Crippen LogP contribution in [-0.4, -0.2) is 17.0 Å². The van der Waals surface area contributed by atoms with E-state index in [4.69, 9.17) is 9.52 Å². The lowest BCUT2D eigenvalue weighted by molar-refractivity contribution is -0.119. The molecule has 108 valence electrons. The van der Waals surface area contributed by atoms with Gasteiger partial charge < -0.3 is 14.4 Å². The molecule has 0 spiro atoms. The fourth-order valence-electron chi connectivity index (χ4n) is 2.43. The second-order valence-corrected chi connectivity index (χ2v) is 4.86. The number of benzene rings is 1. The largest absolute Gasteiger partial charge is 0.478 e. The highest BCUT2D eigenvalue weighted by Gasteiger charge is 2.25. The van der Waals surface area contributed by atoms with E-state index >= 15 is 0 Å². The number of rotatable bonds is 3. The molecule has 0 saturated carbocycles. The molecule has 1 aromatic carbocycles. The van der Waals surface area contributed by atoms with Crippen molar-refractivity contribution >= 4 is 17.6 Å². The first-order chi connectivity index (χ1) is 10.0. The maximum atomic E-state index is 13.3. The van der Waals surface area contributed by atoms with E-state index in [1.54, 1.807) is 6.07 Å².